The van der Waals surface area contributed by atoms with Crippen LogP contribution in [0.4, 0.5) is 5.69 Å². The predicted molar refractivity (Wildman–Crippen MR) is 92.9 cm³/mol. The van der Waals surface area contributed by atoms with Gasteiger partial charge in [-0.25, -0.2) is 0 Å². The van der Waals surface area contributed by atoms with E-state index < -0.39 is 16.8 Å². The van der Waals surface area contributed by atoms with Crippen LogP contribution in [-0.2, 0) is 27.5 Å². The zero-order chi connectivity index (χ0) is 18.5. The highest BCUT2D eigenvalue weighted by atomic mass is 16.6. The standard InChI is InChI=1S/C19H18N2O5/c22-18-10-16(12-20(18)11-14-4-2-1-3-5-14)19(23)26-13-15-6-8-17(9-7-15)21(24)25/h1-9,16H,10-13H2/t16-/m1/s1. The molecule has 1 atom stereocenters. The number of likely N-dealkylation sites (tertiary alicyclic amines) is 1. The molecule has 0 radical (unpaired) electrons. The van der Waals surface area contributed by atoms with Gasteiger partial charge in [0, 0.05) is 31.6 Å². The van der Waals surface area contributed by atoms with Gasteiger partial charge >= 0.3 is 5.97 Å². The number of carbonyl (C=O) groups is 2. The number of rotatable bonds is 6. The van der Waals surface area contributed by atoms with Crippen LogP contribution in [-0.4, -0.2) is 28.2 Å². The Bertz CT molecular complexity index is 804. The molecule has 0 spiro atoms. The van der Waals surface area contributed by atoms with Crippen LogP contribution in [0.5, 0.6) is 0 Å². The molecular weight excluding hydrogens is 336 g/mol. The van der Waals surface area contributed by atoms with E-state index in [0.717, 1.165) is 5.56 Å². The average Bonchev–Trinajstić information content (AvgIpc) is 3.01. The molecule has 1 heterocycles. The molecule has 134 valence electrons. The van der Waals surface area contributed by atoms with Crippen LogP contribution in [0.15, 0.2) is 54.6 Å². The second-order valence-corrected chi connectivity index (χ2v) is 6.19. The van der Waals surface area contributed by atoms with Gasteiger partial charge in [-0.05, 0) is 23.3 Å². The molecule has 2 aromatic carbocycles. The molecule has 0 bridgehead atoms. The largest absolute Gasteiger partial charge is 0.461 e. The van der Waals surface area contributed by atoms with Crippen LogP contribution in [0, 0.1) is 16.0 Å². The fourth-order valence-corrected chi connectivity index (χ4v) is 2.87. The molecule has 1 amide bonds. The van der Waals surface area contributed by atoms with Crippen LogP contribution >= 0.6 is 0 Å². The van der Waals surface area contributed by atoms with Gasteiger partial charge in [0.05, 0.1) is 10.8 Å². The lowest BCUT2D eigenvalue weighted by molar-refractivity contribution is -0.384. The fourth-order valence-electron chi connectivity index (χ4n) is 2.87. The molecule has 0 saturated carbocycles. The highest BCUT2D eigenvalue weighted by molar-refractivity contribution is 5.86. The molecule has 3 rings (SSSR count). The van der Waals surface area contributed by atoms with Crippen molar-refractivity contribution in [3.8, 4) is 0 Å². The van der Waals surface area contributed by atoms with E-state index in [1.807, 2.05) is 30.3 Å². The lowest BCUT2D eigenvalue weighted by Gasteiger charge is -2.16. The number of nitro groups is 1. The third-order valence-corrected chi connectivity index (χ3v) is 4.29. The van der Waals surface area contributed by atoms with Gasteiger partial charge < -0.3 is 9.64 Å². The Balaban J connectivity index is 1.52. The maximum atomic E-state index is 12.2. The summed E-state index contributed by atoms with van der Waals surface area (Å²) in [5.41, 5.74) is 1.66. The first-order chi connectivity index (χ1) is 12.5. The van der Waals surface area contributed by atoms with Crippen LogP contribution in [0.25, 0.3) is 0 Å². The Morgan fingerprint density at radius 2 is 1.81 bits per heavy atom. The van der Waals surface area contributed by atoms with Gasteiger partial charge in [0.15, 0.2) is 0 Å². The summed E-state index contributed by atoms with van der Waals surface area (Å²) in [5, 5.41) is 10.6. The first-order valence-electron chi connectivity index (χ1n) is 8.24. The zero-order valence-electron chi connectivity index (χ0n) is 14.0. The minimum Gasteiger partial charge on any atom is -0.461 e. The maximum absolute atomic E-state index is 12.2. The van der Waals surface area contributed by atoms with E-state index in [1.54, 1.807) is 17.0 Å². The highest BCUT2D eigenvalue weighted by Crippen LogP contribution is 2.22. The van der Waals surface area contributed by atoms with Crippen molar-refractivity contribution in [2.24, 2.45) is 5.92 Å². The Kier molecular flexibility index (Phi) is 5.26. The van der Waals surface area contributed by atoms with Crippen molar-refractivity contribution in [2.75, 3.05) is 6.54 Å². The number of amides is 1. The summed E-state index contributed by atoms with van der Waals surface area (Å²) in [4.78, 5) is 36.2. The topological polar surface area (TPSA) is 89.7 Å². The lowest BCUT2D eigenvalue weighted by Crippen LogP contribution is -2.26. The molecule has 2 aromatic rings. The minimum absolute atomic E-state index is 0.0157. The molecule has 1 saturated heterocycles. The van der Waals surface area contributed by atoms with Crippen molar-refractivity contribution in [3.63, 3.8) is 0 Å². The van der Waals surface area contributed by atoms with E-state index in [9.17, 15) is 19.7 Å². The van der Waals surface area contributed by atoms with Crippen molar-refractivity contribution < 1.29 is 19.2 Å². The lowest BCUT2D eigenvalue weighted by atomic mass is 10.1. The van der Waals surface area contributed by atoms with Gasteiger partial charge in [0.1, 0.15) is 6.61 Å². The number of nitrogens with zero attached hydrogens (tertiary/aromatic N) is 2. The molecule has 0 unspecified atom stereocenters. The predicted octanol–water partition coefficient (Wildman–Crippen LogP) is 2.69. The van der Waals surface area contributed by atoms with E-state index in [0.29, 0.717) is 18.7 Å². The second-order valence-electron chi connectivity index (χ2n) is 6.19. The number of ether oxygens (including phenoxy) is 1. The van der Waals surface area contributed by atoms with E-state index in [-0.39, 0.29) is 24.6 Å². The normalized spacial score (nSPS) is 16.5. The van der Waals surface area contributed by atoms with Gasteiger partial charge in [0.2, 0.25) is 5.91 Å². The first kappa shape index (κ1) is 17.6. The number of hydrogen-bond acceptors (Lipinski definition) is 5. The molecule has 0 N–H and O–H groups in total. The summed E-state index contributed by atoms with van der Waals surface area (Å²) < 4.78 is 5.27. The second kappa shape index (κ2) is 7.77. The number of non-ortho nitro benzene ring substituents is 1. The fraction of sp³-hybridized carbons (Fsp3) is 0.263. The molecule has 26 heavy (non-hydrogen) atoms. The van der Waals surface area contributed by atoms with E-state index in [4.69, 9.17) is 4.74 Å². The van der Waals surface area contributed by atoms with Gasteiger partial charge in [0.25, 0.3) is 5.69 Å². The number of nitro benzene ring substituents is 1. The number of carbonyl (C=O) groups excluding carboxylic acids is 2. The molecule has 1 aliphatic rings. The highest BCUT2D eigenvalue weighted by Gasteiger charge is 2.35. The van der Waals surface area contributed by atoms with Crippen LogP contribution in [0.2, 0.25) is 0 Å². The minimum atomic E-state index is -0.485. The molecular formula is C19H18N2O5. The molecule has 0 aliphatic carbocycles. The Labute approximate surface area is 150 Å². The monoisotopic (exact) mass is 354 g/mol. The van der Waals surface area contributed by atoms with Crippen molar-refractivity contribution >= 4 is 17.6 Å². The molecule has 7 heteroatoms. The summed E-state index contributed by atoms with van der Waals surface area (Å²) in [6, 6.07) is 15.4. The SMILES string of the molecule is O=C(OCc1ccc([N+](=O)[O-])cc1)[C@@H]1CC(=O)N(Cc2ccccc2)C1. The molecule has 1 aliphatic heterocycles. The maximum Gasteiger partial charge on any atom is 0.311 e. The third kappa shape index (κ3) is 4.24. The van der Waals surface area contributed by atoms with E-state index >= 15 is 0 Å². The van der Waals surface area contributed by atoms with Gasteiger partial charge in [-0.2, -0.15) is 0 Å². The molecule has 0 aromatic heterocycles. The molecule has 1 fully saturated rings. The third-order valence-electron chi connectivity index (χ3n) is 4.29. The van der Waals surface area contributed by atoms with Gasteiger partial charge in [-0.1, -0.05) is 30.3 Å². The Morgan fingerprint density at radius 3 is 2.46 bits per heavy atom. The first-order valence-corrected chi connectivity index (χ1v) is 8.24. The summed E-state index contributed by atoms with van der Waals surface area (Å²) in [6.07, 6.45) is 0.145. The summed E-state index contributed by atoms with van der Waals surface area (Å²) >= 11 is 0. The Morgan fingerprint density at radius 1 is 1.12 bits per heavy atom. The quantitative estimate of drug-likeness (QED) is 0.452. The number of hydrogen-bond donors (Lipinski definition) is 0. The van der Waals surface area contributed by atoms with E-state index in [2.05, 4.69) is 0 Å². The van der Waals surface area contributed by atoms with E-state index in [1.165, 1.54) is 12.1 Å². The van der Waals surface area contributed by atoms with Gasteiger partial charge in [-0.3, -0.25) is 19.7 Å². The van der Waals surface area contributed by atoms with Crippen molar-refractivity contribution in [1.82, 2.24) is 4.90 Å². The Hall–Kier alpha value is -3.22. The summed E-state index contributed by atoms with van der Waals surface area (Å²) in [6.45, 7) is 0.846. The van der Waals surface area contributed by atoms with Crippen LogP contribution in [0.3, 0.4) is 0 Å². The zero-order valence-corrected chi connectivity index (χ0v) is 14.0. The van der Waals surface area contributed by atoms with Gasteiger partial charge in [-0.15, -0.1) is 0 Å². The van der Waals surface area contributed by atoms with Crippen LogP contribution < -0.4 is 0 Å². The number of benzene rings is 2. The molecule has 7 nitrogen and oxygen atoms in total. The number of esters is 1. The van der Waals surface area contributed by atoms with Crippen molar-refractivity contribution in [3.05, 3.63) is 75.8 Å². The average molecular weight is 354 g/mol. The summed E-state index contributed by atoms with van der Waals surface area (Å²) in [5.74, 6) is -0.970. The smallest absolute Gasteiger partial charge is 0.311 e. The van der Waals surface area contributed by atoms with Crippen molar-refractivity contribution in [1.29, 1.82) is 0 Å². The summed E-state index contributed by atoms with van der Waals surface area (Å²) in [7, 11) is 0. The van der Waals surface area contributed by atoms with Crippen LogP contribution in [0.1, 0.15) is 17.5 Å². The van der Waals surface area contributed by atoms with Crippen molar-refractivity contribution in [2.45, 2.75) is 19.6 Å².